The van der Waals surface area contributed by atoms with Gasteiger partial charge in [0.25, 0.3) is 0 Å². The van der Waals surface area contributed by atoms with Gasteiger partial charge in [-0.25, -0.2) is 9.07 Å². The van der Waals surface area contributed by atoms with E-state index in [-0.39, 0.29) is 5.82 Å². The molecule has 26 heavy (non-hydrogen) atoms. The molecule has 0 amide bonds. The summed E-state index contributed by atoms with van der Waals surface area (Å²) in [4.78, 5) is 2.51. The van der Waals surface area contributed by atoms with E-state index in [0.717, 1.165) is 50.4 Å². The monoisotopic (exact) mass is 360 g/mol. The average molecular weight is 360 g/mol. The predicted octanol–water partition coefficient (Wildman–Crippen LogP) is 2.99. The van der Waals surface area contributed by atoms with Gasteiger partial charge in [0.2, 0.25) is 0 Å². The van der Waals surface area contributed by atoms with Crippen molar-refractivity contribution in [1.82, 2.24) is 20.0 Å². The van der Waals surface area contributed by atoms with Gasteiger partial charge < -0.3 is 10.1 Å². The van der Waals surface area contributed by atoms with Crippen LogP contribution in [0.4, 0.5) is 4.39 Å². The molecule has 2 unspecified atom stereocenters. The standard InChI is InChI=1S/C20H29FN4O/c1-16-13-24(14-17(2)26-16)10-4-3-9-22-11-18-12-23-25(15-18)20-7-5-19(21)6-8-20/h5-8,12,15-17,22H,3-4,9-11,13-14H2,1-2H3. The van der Waals surface area contributed by atoms with E-state index in [1.165, 1.54) is 18.6 Å². The van der Waals surface area contributed by atoms with Gasteiger partial charge in [-0.05, 0) is 64.0 Å². The van der Waals surface area contributed by atoms with Crippen LogP contribution in [0.3, 0.4) is 0 Å². The quantitative estimate of drug-likeness (QED) is 0.735. The zero-order valence-electron chi connectivity index (χ0n) is 15.7. The first-order valence-corrected chi connectivity index (χ1v) is 9.48. The molecule has 1 fully saturated rings. The molecule has 0 radical (unpaired) electrons. The Bertz CT molecular complexity index is 663. The Morgan fingerprint density at radius 2 is 1.88 bits per heavy atom. The molecule has 0 aliphatic carbocycles. The average Bonchev–Trinajstić information content (AvgIpc) is 3.06. The third-order valence-corrected chi connectivity index (χ3v) is 4.63. The summed E-state index contributed by atoms with van der Waals surface area (Å²) in [7, 11) is 0. The summed E-state index contributed by atoms with van der Waals surface area (Å²) >= 11 is 0. The van der Waals surface area contributed by atoms with Gasteiger partial charge in [0, 0.05) is 31.4 Å². The molecule has 3 rings (SSSR count). The second-order valence-corrected chi connectivity index (χ2v) is 7.17. The van der Waals surface area contributed by atoms with Gasteiger partial charge in [0.05, 0.1) is 24.1 Å². The first kappa shape index (κ1) is 19.0. The van der Waals surface area contributed by atoms with Crippen molar-refractivity contribution in [3.63, 3.8) is 0 Å². The molecule has 1 aromatic heterocycles. The Morgan fingerprint density at radius 3 is 2.62 bits per heavy atom. The minimum atomic E-state index is -0.233. The molecule has 2 atom stereocenters. The molecule has 2 aromatic rings. The highest BCUT2D eigenvalue weighted by atomic mass is 19.1. The number of halogens is 1. The molecular weight excluding hydrogens is 331 g/mol. The van der Waals surface area contributed by atoms with Crippen molar-refractivity contribution in [2.24, 2.45) is 0 Å². The zero-order valence-corrected chi connectivity index (χ0v) is 15.7. The maximum atomic E-state index is 13.0. The number of rotatable bonds is 8. The van der Waals surface area contributed by atoms with Crippen LogP contribution in [0.1, 0.15) is 32.3 Å². The minimum Gasteiger partial charge on any atom is -0.373 e. The van der Waals surface area contributed by atoms with E-state index in [0.29, 0.717) is 12.2 Å². The van der Waals surface area contributed by atoms with Crippen LogP contribution in [0.15, 0.2) is 36.7 Å². The lowest BCUT2D eigenvalue weighted by Crippen LogP contribution is -2.45. The number of benzene rings is 1. The Kier molecular flexibility index (Phi) is 6.77. The van der Waals surface area contributed by atoms with E-state index >= 15 is 0 Å². The van der Waals surface area contributed by atoms with Crippen LogP contribution >= 0.6 is 0 Å². The summed E-state index contributed by atoms with van der Waals surface area (Å²) in [5.74, 6) is -0.233. The molecule has 1 aliphatic rings. The van der Waals surface area contributed by atoms with Crippen LogP contribution in [0.2, 0.25) is 0 Å². The van der Waals surface area contributed by atoms with Gasteiger partial charge in [-0.2, -0.15) is 5.10 Å². The van der Waals surface area contributed by atoms with Crippen molar-refractivity contribution in [2.75, 3.05) is 26.2 Å². The molecule has 6 heteroatoms. The van der Waals surface area contributed by atoms with Crippen LogP contribution < -0.4 is 5.32 Å². The van der Waals surface area contributed by atoms with Gasteiger partial charge in [0.15, 0.2) is 0 Å². The highest BCUT2D eigenvalue weighted by molar-refractivity contribution is 5.31. The second kappa shape index (κ2) is 9.26. The van der Waals surface area contributed by atoms with Crippen LogP contribution in [-0.2, 0) is 11.3 Å². The zero-order chi connectivity index (χ0) is 18.4. The lowest BCUT2D eigenvalue weighted by Gasteiger charge is -2.35. The highest BCUT2D eigenvalue weighted by Gasteiger charge is 2.21. The highest BCUT2D eigenvalue weighted by Crippen LogP contribution is 2.11. The lowest BCUT2D eigenvalue weighted by molar-refractivity contribution is -0.0681. The topological polar surface area (TPSA) is 42.3 Å². The molecule has 0 spiro atoms. The Hall–Kier alpha value is -1.76. The molecule has 2 heterocycles. The summed E-state index contributed by atoms with van der Waals surface area (Å²) in [5, 5.41) is 7.82. The molecule has 1 N–H and O–H groups in total. The van der Waals surface area contributed by atoms with Crippen molar-refractivity contribution in [3.05, 3.63) is 48.0 Å². The number of morpholine rings is 1. The number of nitrogens with zero attached hydrogens (tertiary/aromatic N) is 3. The van der Waals surface area contributed by atoms with Crippen molar-refractivity contribution in [2.45, 2.75) is 45.4 Å². The number of hydrogen-bond acceptors (Lipinski definition) is 4. The summed E-state index contributed by atoms with van der Waals surface area (Å²) in [6.07, 6.45) is 6.88. The first-order chi connectivity index (χ1) is 12.6. The fourth-order valence-corrected chi connectivity index (χ4v) is 3.47. The van der Waals surface area contributed by atoms with Gasteiger partial charge >= 0.3 is 0 Å². The molecule has 5 nitrogen and oxygen atoms in total. The van der Waals surface area contributed by atoms with E-state index < -0.39 is 0 Å². The van der Waals surface area contributed by atoms with Crippen LogP contribution in [-0.4, -0.2) is 53.1 Å². The maximum absolute atomic E-state index is 13.0. The third kappa shape index (κ3) is 5.62. The number of hydrogen-bond donors (Lipinski definition) is 1. The van der Waals surface area contributed by atoms with Gasteiger partial charge in [-0.15, -0.1) is 0 Å². The van der Waals surface area contributed by atoms with E-state index in [1.54, 1.807) is 16.8 Å². The molecule has 1 saturated heterocycles. The normalized spacial score (nSPS) is 21.2. The molecule has 0 bridgehead atoms. The molecular formula is C20H29FN4O. The van der Waals surface area contributed by atoms with Crippen molar-refractivity contribution >= 4 is 0 Å². The second-order valence-electron chi connectivity index (χ2n) is 7.17. The predicted molar refractivity (Wildman–Crippen MR) is 101 cm³/mol. The van der Waals surface area contributed by atoms with Crippen molar-refractivity contribution < 1.29 is 9.13 Å². The fourth-order valence-electron chi connectivity index (χ4n) is 3.47. The Morgan fingerprint density at radius 1 is 1.15 bits per heavy atom. The summed E-state index contributed by atoms with van der Waals surface area (Å²) in [6, 6.07) is 6.36. The smallest absolute Gasteiger partial charge is 0.123 e. The fraction of sp³-hybridized carbons (Fsp3) is 0.550. The Labute approximate surface area is 155 Å². The summed E-state index contributed by atoms with van der Waals surface area (Å²) in [5.41, 5.74) is 2.00. The third-order valence-electron chi connectivity index (χ3n) is 4.63. The summed E-state index contributed by atoms with van der Waals surface area (Å²) in [6.45, 7) is 9.32. The minimum absolute atomic E-state index is 0.233. The SMILES string of the molecule is CC1CN(CCCCNCc2cnn(-c3ccc(F)cc3)c2)CC(C)O1. The summed E-state index contributed by atoms with van der Waals surface area (Å²) < 4.78 is 20.5. The number of nitrogens with one attached hydrogen (secondary N) is 1. The van der Waals surface area contributed by atoms with Gasteiger partial charge in [-0.1, -0.05) is 0 Å². The van der Waals surface area contributed by atoms with E-state index in [9.17, 15) is 4.39 Å². The van der Waals surface area contributed by atoms with Crippen LogP contribution in [0.25, 0.3) is 5.69 Å². The number of ether oxygens (including phenoxy) is 1. The molecule has 142 valence electrons. The lowest BCUT2D eigenvalue weighted by atomic mass is 10.2. The van der Waals surface area contributed by atoms with Gasteiger partial charge in [0.1, 0.15) is 5.82 Å². The van der Waals surface area contributed by atoms with Crippen molar-refractivity contribution in [3.8, 4) is 5.69 Å². The Balaban J connectivity index is 1.32. The maximum Gasteiger partial charge on any atom is 0.123 e. The van der Waals surface area contributed by atoms with E-state index in [2.05, 4.69) is 29.2 Å². The van der Waals surface area contributed by atoms with E-state index in [4.69, 9.17) is 4.74 Å². The van der Waals surface area contributed by atoms with Crippen molar-refractivity contribution in [1.29, 1.82) is 0 Å². The molecule has 0 saturated carbocycles. The van der Waals surface area contributed by atoms with Crippen LogP contribution in [0.5, 0.6) is 0 Å². The number of aromatic nitrogens is 2. The number of unbranched alkanes of at least 4 members (excludes halogenated alkanes) is 1. The van der Waals surface area contributed by atoms with Gasteiger partial charge in [-0.3, -0.25) is 4.90 Å². The molecule has 1 aliphatic heterocycles. The largest absolute Gasteiger partial charge is 0.373 e. The first-order valence-electron chi connectivity index (χ1n) is 9.48. The van der Waals surface area contributed by atoms with E-state index in [1.807, 2.05) is 12.4 Å². The molecule has 1 aromatic carbocycles. The van der Waals surface area contributed by atoms with Crippen LogP contribution in [0, 0.1) is 5.82 Å².